The number of nitrogens with one attached hydrogen (secondary N) is 2. The van der Waals surface area contributed by atoms with Crippen LogP contribution >= 0.6 is 0 Å². The average Bonchev–Trinajstić information content (AvgIpc) is 3.68. The maximum absolute atomic E-state index is 14.0. The van der Waals surface area contributed by atoms with Crippen molar-refractivity contribution in [1.82, 2.24) is 13.4 Å². The Balaban J connectivity index is 1.13. The fraction of sp³-hybridized carbons (Fsp3) is 0.245. The number of fused-ring (bicyclic) bond motifs is 1. The van der Waals surface area contributed by atoms with Gasteiger partial charge in [-0.25, -0.2) is 29.6 Å². The second-order valence-electron chi connectivity index (χ2n) is 16.4. The number of ether oxygens (including phenoxy) is 3. The third-order valence-electron chi connectivity index (χ3n) is 11.1. The van der Waals surface area contributed by atoms with E-state index in [1.54, 1.807) is 69.3 Å². The van der Waals surface area contributed by atoms with Crippen LogP contribution in [0, 0.1) is 6.92 Å². The summed E-state index contributed by atoms with van der Waals surface area (Å²) < 4.78 is 129. The van der Waals surface area contributed by atoms with Gasteiger partial charge in [-0.15, -0.1) is 9.85 Å². The van der Waals surface area contributed by atoms with Crippen LogP contribution in [0.3, 0.4) is 0 Å². The second-order valence-corrected chi connectivity index (χ2v) is 23.1. The van der Waals surface area contributed by atoms with Crippen LogP contribution in [0.4, 0.5) is 22.7 Å². The van der Waals surface area contributed by atoms with E-state index in [0.717, 1.165) is 25.7 Å². The van der Waals surface area contributed by atoms with Gasteiger partial charge in [0.15, 0.2) is 17.3 Å². The lowest BCUT2D eigenvalue weighted by Gasteiger charge is -2.20. The molecule has 0 aliphatic rings. The lowest BCUT2D eigenvalue weighted by atomic mass is 10.1. The Morgan fingerprint density at radius 3 is 2.16 bits per heavy atom. The molecule has 0 bridgehead atoms. The highest BCUT2D eigenvalue weighted by Gasteiger charge is 2.29. The maximum Gasteiger partial charge on any atom is 0.316 e. The molecule has 74 heavy (non-hydrogen) atoms. The minimum absolute atomic E-state index is 0.00437. The molecule has 0 saturated heterocycles. The highest BCUT2D eigenvalue weighted by atomic mass is 32.2. The molecule has 0 aliphatic heterocycles. The van der Waals surface area contributed by atoms with Gasteiger partial charge in [0.25, 0.3) is 5.56 Å². The first kappa shape index (κ1) is 54.6. The number of anilines is 2. The molecule has 3 N–H and O–H groups in total. The number of benzene rings is 6. The Morgan fingerprint density at radius 1 is 0.797 bits per heavy atom. The summed E-state index contributed by atoms with van der Waals surface area (Å²) in [4.78, 5) is 13.6. The van der Waals surface area contributed by atoms with E-state index in [0.29, 0.717) is 28.3 Å². The van der Waals surface area contributed by atoms with Gasteiger partial charge in [0.05, 0.1) is 40.5 Å². The zero-order chi connectivity index (χ0) is 53.5. The van der Waals surface area contributed by atoms with Gasteiger partial charge < -0.3 is 28.0 Å². The van der Waals surface area contributed by atoms with E-state index in [1.807, 2.05) is 6.07 Å². The SMILES string of the molecule is CCN(CC)S(=O)(=O)c1cc(N=Nc2ccc(OCCOC)c(OS(=O)Nc3ccc(OCc4c(-c5ccccc5)on(-c5ccc(S(=O)(=O)N(C)C)cc5C)c4=O)cc3)c2)c2c(NS(C)(=O)=O)cccc2c1O. The Morgan fingerprint density at radius 2 is 1.51 bits per heavy atom. The van der Waals surface area contributed by atoms with Crippen molar-refractivity contribution in [2.75, 3.05) is 63.2 Å². The van der Waals surface area contributed by atoms with Gasteiger partial charge in [-0.2, -0.15) is 13.6 Å². The third kappa shape index (κ3) is 12.3. The summed E-state index contributed by atoms with van der Waals surface area (Å²) >= 11 is -2.27. The minimum Gasteiger partial charge on any atom is -0.506 e. The number of methoxy groups -OCH3 is 1. The van der Waals surface area contributed by atoms with Crippen molar-refractivity contribution in [3.05, 3.63) is 137 Å². The molecule has 0 amide bonds. The molecular formula is C49H53N7O14S4. The summed E-state index contributed by atoms with van der Waals surface area (Å²) in [6.45, 7) is 5.25. The first-order chi connectivity index (χ1) is 35.2. The Labute approximate surface area is 430 Å². The largest absolute Gasteiger partial charge is 0.506 e. The summed E-state index contributed by atoms with van der Waals surface area (Å²) in [6, 6.07) is 29.4. The number of phenolic OH excluding ortho intramolecular Hbond substituents is 1. The molecule has 1 atom stereocenters. The number of hydrogen-bond acceptors (Lipinski definition) is 16. The van der Waals surface area contributed by atoms with Crippen molar-refractivity contribution in [2.45, 2.75) is 37.2 Å². The Hall–Kier alpha value is -7.13. The molecular weight excluding hydrogens is 1040 g/mol. The molecule has 0 radical (unpaired) electrons. The van der Waals surface area contributed by atoms with Gasteiger partial charge in [0, 0.05) is 62.4 Å². The molecule has 0 fully saturated rings. The molecule has 6 aromatic carbocycles. The van der Waals surface area contributed by atoms with Gasteiger partial charge >= 0.3 is 11.3 Å². The quantitative estimate of drug-likeness (QED) is 0.0405. The predicted molar refractivity (Wildman–Crippen MR) is 281 cm³/mol. The third-order valence-corrected chi connectivity index (χ3v) is 16.3. The number of phenols is 1. The van der Waals surface area contributed by atoms with Crippen LogP contribution in [-0.4, -0.2) is 102 Å². The second kappa shape index (κ2) is 23.0. The van der Waals surface area contributed by atoms with Gasteiger partial charge in [-0.1, -0.05) is 56.3 Å². The van der Waals surface area contributed by atoms with Crippen molar-refractivity contribution in [3.8, 4) is 40.0 Å². The average molecular weight is 1090 g/mol. The molecule has 1 heterocycles. The molecule has 21 nitrogen and oxygen atoms in total. The van der Waals surface area contributed by atoms with Crippen molar-refractivity contribution < 1.29 is 57.5 Å². The monoisotopic (exact) mass is 1090 g/mol. The van der Waals surface area contributed by atoms with Gasteiger partial charge in [0.1, 0.15) is 35.2 Å². The van der Waals surface area contributed by atoms with E-state index in [-0.39, 0.29) is 88.5 Å². The Kier molecular flexibility index (Phi) is 17.0. The van der Waals surface area contributed by atoms with Crippen LogP contribution in [0.5, 0.6) is 23.0 Å². The van der Waals surface area contributed by atoms with E-state index < -0.39 is 57.5 Å². The number of aromatic nitrogens is 1. The van der Waals surface area contributed by atoms with Crippen LogP contribution in [0.15, 0.2) is 145 Å². The zero-order valence-corrected chi connectivity index (χ0v) is 44.4. The standard InChI is InChI=1S/C49H53N7O14S4/c1-8-55(9-2)74(64,65)45-30-41(46-38(47(45)57)16-13-17-40(46)53-72(7,60)61)51-50-35-20-25-43(67-27-26-66-6)44(29-35)70-71(59)52-34-18-21-36(22-19-34)68-31-39-48(33-14-11-10-12-15-33)69-56(49(39)58)42-24-23-37(28-32(42)3)73(62,63)54(4)5/h10-25,28-30,52-53,57H,8-9,26-27,31H2,1-7H3. The van der Waals surface area contributed by atoms with E-state index in [2.05, 4.69) is 19.7 Å². The molecule has 392 valence electrons. The van der Waals surface area contributed by atoms with Crippen molar-refractivity contribution in [3.63, 3.8) is 0 Å². The predicted octanol–water partition coefficient (Wildman–Crippen LogP) is 8.01. The smallest absolute Gasteiger partial charge is 0.316 e. The van der Waals surface area contributed by atoms with Crippen LogP contribution in [0.2, 0.25) is 0 Å². The lowest BCUT2D eigenvalue weighted by Crippen LogP contribution is -2.30. The molecule has 0 aliphatic carbocycles. The fourth-order valence-corrected chi connectivity index (χ4v) is 11.3. The molecule has 7 aromatic rings. The number of rotatable bonds is 23. The topological polar surface area (TPSA) is 267 Å². The molecule has 0 saturated carbocycles. The molecule has 25 heteroatoms. The van der Waals surface area contributed by atoms with Crippen LogP contribution in [0.1, 0.15) is 25.0 Å². The molecule has 1 unspecified atom stereocenters. The normalized spacial score (nSPS) is 12.7. The molecule has 7 rings (SSSR count). The van der Waals surface area contributed by atoms with Gasteiger partial charge in [-0.3, -0.25) is 14.2 Å². The van der Waals surface area contributed by atoms with E-state index >= 15 is 0 Å². The minimum atomic E-state index is -4.27. The highest BCUT2D eigenvalue weighted by molar-refractivity contribution is 7.92. The number of aryl methyl sites for hydroxylation is 1. The number of nitrogens with zero attached hydrogens (tertiary/aromatic N) is 5. The highest BCUT2D eigenvalue weighted by Crippen LogP contribution is 2.44. The number of aromatic hydroxyl groups is 1. The first-order valence-corrected chi connectivity index (χ1v) is 28.4. The Bertz CT molecular complexity index is 3640. The summed E-state index contributed by atoms with van der Waals surface area (Å²) in [7, 11) is -7.51. The summed E-state index contributed by atoms with van der Waals surface area (Å²) in [5, 5.41) is 20.1. The van der Waals surface area contributed by atoms with E-state index in [1.165, 1.54) is 75.8 Å². The van der Waals surface area contributed by atoms with E-state index in [9.17, 15) is 39.4 Å². The van der Waals surface area contributed by atoms with Crippen LogP contribution in [-0.2, 0) is 52.7 Å². The van der Waals surface area contributed by atoms with Gasteiger partial charge in [-0.05, 0) is 79.2 Å². The lowest BCUT2D eigenvalue weighted by molar-refractivity contribution is 0.145. The zero-order valence-electron chi connectivity index (χ0n) is 41.1. The first-order valence-electron chi connectivity index (χ1n) is 22.5. The number of hydrogen-bond donors (Lipinski definition) is 3. The van der Waals surface area contributed by atoms with Crippen LogP contribution < -0.4 is 28.7 Å². The number of sulfonamides is 3. The summed E-state index contributed by atoms with van der Waals surface area (Å²) in [6.07, 6.45) is 0.938. The maximum atomic E-state index is 14.0. The van der Waals surface area contributed by atoms with Gasteiger partial charge in [0.2, 0.25) is 30.1 Å². The van der Waals surface area contributed by atoms with Crippen molar-refractivity contribution >= 4 is 74.9 Å². The fourth-order valence-electron chi connectivity index (χ4n) is 7.49. The molecule has 0 spiro atoms. The summed E-state index contributed by atoms with van der Waals surface area (Å²) in [5.41, 5.74) is 1.46. The molecule has 1 aromatic heterocycles. The van der Waals surface area contributed by atoms with Crippen molar-refractivity contribution in [1.29, 1.82) is 0 Å². The summed E-state index contributed by atoms with van der Waals surface area (Å²) in [5.74, 6) is 0.0902. The number of azo groups is 1. The van der Waals surface area contributed by atoms with Crippen LogP contribution in [0.25, 0.3) is 27.8 Å². The van der Waals surface area contributed by atoms with Crippen molar-refractivity contribution in [2.24, 2.45) is 10.2 Å². The van der Waals surface area contributed by atoms with E-state index in [4.69, 9.17) is 22.9 Å².